The molecule has 1 aromatic heterocycles. The van der Waals surface area contributed by atoms with Crippen molar-refractivity contribution in [3.8, 4) is 5.75 Å². The van der Waals surface area contributed by atoms with Crippen LogP contribution in [0.2, 0.25) is 0 Å². The molecule has 0 aliphatic carbocycles. The Balaban J connectivity index is 3.16. The molecule has 3 N–H and O–H groups in total. The Labute approximate surface area is 70.8 Å². The highest BCUT2D eigenvalue weighted by Gasteiger charge is 2.05. The van der Waals surface area contributed by atoms with Gasteiger partial charge in [0.2, 0.25) is 5.43 Å². The van der Waals surface area contributed by atoms with Crippen molar-refractivity contribution >= 4 is 15.9 Å². The monoisotopic (exact) mass is 219 g/mol. The zero-order valence-electron chi connectivity index (χ0n) is 5.45. The Hall–Kier alpha value is -0.810. The van der Waals surface area contributed by atoms with Crippen LogP contribution in [0.15, 0.2) is 21.5 Å². The SMILES string of the molecule is NC(Br)c1cc(=O)c(O)co1. The van der Waals surface area contributed by atoms with E-state index >= 15 is 0 Å². The smallest absolute Gasteiger partial charge is 0.226 e. The summed E-state index contributed by atoms with van der Waals surface area (Å²) in [5.41, 5.74) is 4.84. The Bertz CT molecular complexity index is 307. The van der Waals surface area contributed by atoms with E-state index in [1.54, 1.807) is 0 Å². The Morgan fingerprint density at radius 1 is 1.73 bits per heavy atom. The molecule has 4 nitrogen and oxygen atoms in total. The maximum absolute atomic E-state index is 10.8. The number of halogens is 1. The topological polar surface area (TPSA) is 76.5 Å². The van der Waals surface area contributed by atoms with Gasteiger partial charge in [-0.25, -0.2) is 0 Å². The summed E-state index contributed by atoms with van der Waals surface area (Å²) in [6.45, 7) is 0. The van der Waals surface area contributed by atoms with Gasteiger partial charge in [-0.2, -0.15) is 0 Å². The largest absolute Gasteiger partial charge is 0.502 e. The fraction of sp³-hybridized carbons (Fsp3) is 0.167. The molecule has 1 aromatic rings. The van der Waals surface area contributed by atoms with Gasteiger partial charge in [0.1, 0.15) is 17.0 Å². The second kappa shape index (κ2) is 3.06. The summed E-state index contributed by atoms with van der Waals surface area (Å²) in [7, 11) is 0. The molecule has 1 atom stereocenters. The van der Waals surface area contributed by atoms with Crippen LogP contribution in [-0.2, 0) is 0 Å². The van der Waals surface area contributed by atoms with Crippen molar-refractivity contribution in [1.29, 1.82) is 0 Å². The zero-order chi connectivity index (χ0) is 8.43. The highest BCUT2D eigenvalue weighted by molar-refractivity contribution is 9.09. The molecule has 0 bridgehead atoms. The van der Waals surface area contributed by atoms with E-state index in [9.17, 15) is 4.79 Å². The van der Waals surface area contributed by atoms with Crippen molar-refractivity contribution in [2.45, 2.75) is 4.95 Å². The fourth-order valence-electron chi connectivity index (χ4n) is 0.564. The van der Waals surface area contributed by atoms with Gasteiger partial charge in [-0.1, -0.05) is 15.9 Å². The van der Waals surface area contributed by atoms with Gasteiger partial charge in [0.15, 0.2) is 5.75 Å². The summed E-state index contributed by atoms with van der Waals surface area (Å²) >= 11 is 3.00. The van der Waals surface area contributed by atoms with E-state index in [1.807, 2.05) is 0 Å². The molecule has 0 aromatic carbocycles. The molecule has 0 saturated carbocycles. The van der Waals surface area contributed by atoms with Gasteiger partial charge < -0.3 is 15.3 Å². The number of nitrogens with two attached hydrogens (primary N) is 1. The Morgan fingerprint density at radius 3 is 2.82 bits per heavy atom. The van der Waals surface area contributed by atoms with E-state index in [2.05, 4.69) is 15.9 Å². The molecule has 0 fully saturated rings. The van der Waals surface area contributed by atoms with Crippen LogP contribution in [0.1, 0.15) is 10.7 Å². The first-order valence-electron chi connectivity index (χ1n) is 2.82. The third-order valence-electron chi connectivity index (χ3n) is 1.10. The summed E-state index contributed by atoms with van der Waals surface area (Å²) in [5.74, 6) is -0.130. The molecular formula is C6H6BrNO3. The normalized spacial score (nSPS) is 12.9. The quantitative estimate of drug-likeness (QED) is 0.539. The maximum Gasteiger partial charge on any atom is 0.226 e. The van der Waals surface area contributed by atoms with E-state index in [-0.39, 0.29) is 5.76 Å². The van der Waals surface area contributed by atoms with Crippen molar-refractivity contribution in [3.63, 3.8) is 0 Å². The van der Waals surface area contributed by atoms with Crippen LogP contribution in [0.4, 0.5) is 0 Å². The van der Waals surface area contributed by atoms with Gasteiger partial charge in [-0.05, 0) is 0 Å². The summed E-state index contributed by atoms with van der Waals surface area (Å²) < 4.78 is 4.78. The van der Waals surface area contributed by atoms with Crippen molar-refractivity contribution in [1.82, 2.24) is 0 Å². The molecule has 11 heavy (non-hydrogen) atoms. The molecule has 0 saturated heterocycles. The van der Waals surface area contributed by atoms with Gasteiger partial charge in [0.05, 0.1) is 0 Å². The molecule has 60 valence electrons. The maximum atomic E-state index is 10.8. The fourth-order valence-corrected chi connectivity index (χ4v) is 0.804. The average molecular weight is 220 g/mol. The molecular weight excluding hydrogens is 214 g/mol. The van der Waals surface area contributed by atoms with Gasteiger partial charge in [0.25, 0.3) is 0 Å². The summed E-state index contributed by atoms with van der Waals surface area (Å²) in [5, 5.41) is 8.76. The van der Waals surface area contributed by atoms with Crippen molar-refractivity contribution in [3.05, 3.63) is 28.3 Å². The number of hydrogen-bond acceptors (Lipinski definition) is 4. The molecule has 0 radical (unpaired) electrons. The molecule has 0 aliphatic heterocycles. The predicted molar refractivity (Wildman–Crippen MR) is 42.5 cm³/mol. The third-order valence-corrected chi connectivity index (χ3v) is 1.56. The summed E-state index contributed by atoms with van der Waals surface area (Å²) in [4.78, 5) is 10.2. The van der Waals surface area contributed by atoms with Crippen molar-refractivity contribution in [2.24, 2.45) is 5.73 Å². The van der Waals surface area contributed by atoms with Crippen molar-refractivity contribution in [2.75, 3.05) is 0 Å². The summed E-state index contributed by atoms with van der Waals surface area (Å²) in [6.07, 6.45) is 0.957. The van der Waals surface area contributed by atoms with E-state index in [0.717, 1.165) is 12.3 Å². The molecule has 0 amide bonds. The van der Waals surface area contributed by atoms with E-state index < -0.39 is 16.1 Å². The second-order valence-electron chi connectivity index (χ2n) is 1.93. The van der Waals surface area contributed by atoms with Crippen LogP contribution in [-0.4, -0.2) is 5.11 Å². The standard InChI is InChI=1S/C6H6BrNO3/c7-6(8)5-1-3(9)4(10)2-11-5/h1-2,6,10H,8H2. The van der Waals surface area contributed by atoms with E-state index in [4.69, 9.17) is 15.3 Å². The van der Waals surface area contributed by atoms with Crippen LogP contribution < -0.4 is 11.2 Å². The lowest BCUT2D eigenvalue weighted by atomic mass is 10.4. The van der Waals surface area contributed by atoms with Gasteiger partial charge >= 0.3 is 0 Å². The van der Waals surface area contributed by atoms with Gasteiger partial charge in [-0.15, -0.1) is 0 Å². The number of hydrogen-bond donors (Lipinski definition) is 2. The highest BCUT2D eigenvalue weighted by Crippen LogP contribution is 2.15. The van der Waals surface area contributed by atoms with Crippen LogP contribution in [0.5, 0.6) is 5.75 Å². The van der Waals surface area contributed by atoms with Gasteiger partial charge in [0, 0.05) is 6.07 Å². The van der Waals surface area contributed by atoms with Gasteiger partial charge in [-0.3, -0.25) is 4.79 Å². The predicted octanol–water partition coefficient (Wildman–Crippen LogP) is 0.698. The number of alkyl halides is 1. The van der Waals surface area contributed by atoms with E-state index in [1.165, 1.54) is 0 Å². The summed E-state index contributed by atoms with van der Waals surface area (Å²) in [6, 6.07) is 1.13. The first-order chi connectivity index (χ1) is 5.11. The number of rotatable bonds is 1. The lowest BCUT2D eigenvalue weighted by molar-refractivity contribution is 0.413. The zero-order valence-corrected chi connectivity index (χ0v) is 7.04. The van der Waals surface area contributed by atoms with Crippen LogP contribution in [0.25, 0.3) is 0 Å². The molecule has 0 aliphatic rings. The average Bonchev–Trinajstić information content (AvgIpc) is 1.94. The first-order valence-corrected chi connectivity index (χ1v) is 3.74. The lowest BCUT2D eigenvalue weighted by Gasteiger charge is -2.00. The van der Waals surface area contributed by atoms with Crippen LogP contribution >= 0.6 is 15.9 Å². The van der Waals surface area contributed by atoms with Crippen LogP contribution in [0, 0.1) is 0 Å². The highest BCUT2D eigenvalue weighted by atomic mass is 79.9. The minimum Gasteiger partial charge on any atom is -0.502 e. The molecule has 1 rings (SSSR count). The number of aromatic hydroxyl groups is 1. The molecule has 1 heterocycles. The minimum absolute atomic E-state index is 0.285. The van der Waals surface area contributed by atoms with Crippen LogP contribution in [0.3, 0.4) is 0 Å². The lowest BCUT2D eigenvalue weighted by Crippen LogP contribution is -2.06. The molecule has 0 spiro atoms. The first kappa shape index (κ1) is 8.29. The second-order valence-corrected chi connectivity index (χ2v) is 2.92. The Kier molecular flexibility index (Phi) is 2.31. The molecule has 1 unspecified atom stereocenters. The van der Waals surface area contributed by atoms with Crippen molar-refractivity contribution < 1.29 is 9.52 Å². The van der Waals surface area contributed by atoms with E-state index in [0.29, 0.717) is 0 Å². The Morgan fingerprint density at radius 2 is 2.36 bits per heavy atom. The minimum atomic E-state index is -0.518. The molecule has 5 heteroatoms. The third kappa shape index (κ3) is 1.81.